The molecule has 0 bridgehead atoms. The van der Waals surface area contributed by atoms with Gasteiger partial charge in [-0.25, -0.2) is 0 Å². The van der Waals surface area contributed by atoms with E-state index in [1.165, 1.54) is 5.56 Å². The van der Waals surface area contributed by atoms with Crippen molar-refractivity contribution >= 4 is 15.9 Å². The number of benzene rings is 1. The van der Waals surface area contributed by atoms with Crippen LogP contribution in [0.25, 0.3) is 0 Å². The van der Waals surface area contributed by atoms with Crippen molar-refractivity contribution in [3.8, 4) is 5.75 Å². The van der Waals surface area contributed by atoms with E-state index in [9.17, 15) is 0 Å². The van der Waals surface area contributed by atoms with Gasteiger partial charge in [0.2, 0.25) is 0 Å². The standard InChI is InChI=1S/C16H22BrN3O/c1-5-18-15(12-6-8-13(17)9-7-12)16-14(21-4)10-19-20(16)11(2)3/h6-11,15,18H,5H2,1-4H3. The van der Waals surface area contributed by atoms with E-state index >= 15 is 0 Å². The lowest BCUT2D eigenvalue weighted by Gasteiger charge is -2.22. The van der Waals surface area contributed by atoms with Crippen molar-refractivity contribution in [1.29, 1.82) is 0 Å². The molecule has 2 rings (SSSR count). The molecule has 0 aliphatic rings. The molecule has 0 saturated carbocycles. The molecule has 0 amide bonds. The number of nitrogens with one attached hydrogen (secondary N) is 1. The average Bonchev–Trinajstić information content (AvgIpc) is 2.89. The van der Waals surface area contributed by atoms with E-state index in [1.54, 1.807) is 13.3 Å². The molecule has 1 atom stereocenters. The van der Waals surface area contributed by atoms with Crippen LogP contribution in [0.2, 0.25) is 0 Å². The Morgan fingerprint density at radius 1 is 1.29 bits per heavy atom. The normalized spacial score (nSPS) is 12.7. The Bertz CT molecular complexity index is 578. The fraction of sp³-hybridized carbons (Fsp3) is 0.438. The maximum absolute atomic E-state index is 5.52. The topological polar surface area (TPSA) is 39.1 Å². The number of halogens is 1. The first kappa shape index (κ1) is 16.0. The van der Waals surface area contributed by atoms with Crippen molar-refractivity contribution in [2.45, 2.75) is 32.9 Å². The van der Waals surface area contributed by atoms with Gasteiger partial charge in [0.15, 0.2) is 5.75 Å². The van der Waals surface area contributed by atoms with Crippen molar-refractivity contribution in [3.63, 3.8) is 0 Å². The Kier molecular flexibility index (Phi) is 5.42. The molecule has 114 valence electrons. The minimum Gasteiger partial charge on any atom is -0.493 e. The third-order valence-corrected chi connectivity index (χ3v) is 3.92. The molecular formula is C16H22BrN3O. The van der Waals surface area contributed by atoms with E-state index in [0.717, 1.165) is 22.5 Å². The number of aromatic nitrogens is 2. The molecule has 1 heterocycles. The number of rotatable bonds is 6. The summed E-state index contributed by atoms with van der Waals surface area (Å²) in [6.45, 7) is 7.22. The van der Waals surface area contributed by atoms with E-state index in [0.29, 0.717) is 0 Å². The lowest BCUT2D eigenvalue weighted by molar-refractivity contribution is 0.394. The Morgan fingerprint density at radius 3 is 2.48 bits per heavy atom. The van der Waals surface area contributed by atoms with Crippen molar-refractivity contribution in [1.82, 2.24) is 15.1 Å². The summed E-state index contributed by atoms with van der Waals surface area (Å²) < 4.78 is 8.61. The van der Waals surface area contributed by atoms with Gasteiger partial charge in [-0.3, -0.25) is 4.68 Å². The second-order valence-corrected chi connectivity index (χ2v) is 6.09. The molecule has 0 saturated heterocycles. The van der Waals surface area contributed by atoms with Crippen LogP contribution in [0.4, 0.5) is 0 Å². The molecule has 1 N–H and O–H groups in total. The Morgan fingerprint density at radius 2 is 1.95 bits per heavy atom. The fourth-order valence-corrected chi connectivity index (χ4v) is 2.70. The number of nitrogens with zero attached hydrogens (tertiary/aromatic N) is 2. The number of hydrogen-bond acceptors (Lipinski definition) is 3. The third-order valence-electron chi connectivity index (χ3n) is 3.39. The quantitative estimate of drug-likeness (QED) is 0.856. The zero-order valence-electron chi connectivity index (χ0n) is 12.9. The van der Waals surface area contributed by atoms with Gasteiger partial charge in [-0.1, -0.05) is 35.0 Å². The molecule has 1 aromatic heterocycles. The minimum absolute atomic E-state index is 0.0583. The summed E-state index contributed by atoms with van der Waals surface area (Å²) in [5, 5.41) is 8.01. The predicted molar refractivity (Wildman–Crippen MR) is 88.8 cm³/mol. The largest absolute Gasteiger partial charge is 0.493 e. The molecule has 5 heteroatoms. The van der Waals surface area contributed by atoms with Gasteiger partial charge in [-0.15, -0.1) is 0 Å². The Balaban J connectivity index is 2.51. The highest BCUT2D eigenvalue weighted by atomic mass is 79.9. The first-order chi connectivity index (χ1) is 10.1. The molecule has 0 radical (unpaired) electrons. The van der Waals surface area contributed by atoms with E-state index < -0.39 is 0 Å². The summed E-state index contributed by atoms with van der Waals surface area (Å²) in [6.07, 6.45) is 1.79. The first-order valence-corrected chi connectivity index (χ1v) is 7.98. The van der Waals surface area contributed by atoms with Crippen molar-refractivity contribution in [2.24, 2.45) is 0 Å². The molecule has 0 fully saturated rings. The van der Waals surface area contributed by atoms with Gasteiger partial charge in [0.1, 0.15) is 5.69 Å². The molecule has 1 aromatic carbocycles. The fourth-order valence-electron chi connectivity index (χ4n) is 2.43. The predicted octanol–water partition coefficient (Wildman–Crippen LogP) is 3.93. The molecule has 0 spiro atoms. The zero-order chi connectivity index (χ0) is 15.4. The van der Waals surface area contributed by atoms with Crippen LogP contribution in [0.3, 0.4) is 0 Å². The average molecular weight is 352 g/mol. The summed E-state index contributed by atoms with van der Waals surface area (Å²) in [5.74, 6) is 0.817. The zero-order valence-corrected chi connectivity index (χ0v) is 14.5. The Labute approximate surface area is 134 Å². The second kappa shape index (κ2) is 7.09. The smallest absolute Gasteiger partial charge is 0.161 e. The molecule has 2 aromatic rings. The highest BCUT2D eigenvalue weighted by Crippen LogP contribution is 2.32. The van der Waals surface area contributed by atoms with Crippen LogP contribution < -0.4 is 10.1 Å². The van der Waals surface area contributed by atoms with Crippen molar-refractivity contribution in [2.75, 3.05) is 13.7 Å². The second-order valence-electron chi connectivity index (χ2n) is 5.18. The van der Waals surface area contributed by atoms with Gasteiger partial charge in [0.05, 0.1) is 19.3 Å². The maximum atomic E-state index is 5.52. The van der Waals surface area contributed by atoms with Crippen LogP contribution in [0, 0.1) is 0 Å². The van der Waals surface area contributed by atoms with Gasteiger partial charge >= 0.3 is 0 Å². The number of methoxy groups -OCH3 is 1. The van der Waals surface area contributed by atoms with Gasteiger partial charge in [-0.2, -0.15) is 5.10 Å². The highest BCUT2D eigenvalue weighted by Gasteiger charge is 2.24. The number of hydrogen-bond donors (Lipinski definition) is 1. The van der Waals surface area contributed by atoms with Gasteiger partial charge in [-0.05, 0) is 38.1 Å². The van der Waals surface area contributed by atoms with E-state index in [-0.39, 0.29) is 12.1 Å². The monoisotopic (exact) mass is 351 g/mol. The van der Waals surface area contributed by atoms with Gasteiger partial charge < -0.3 is 10.1 Å². The summed E-state index contributed by atoms with van der Waals surface area (Å²) in [4.78, 5) is 0. The van der Waals surface area contributed by atoms with Gasteiger partial charge in [0.25, 0.3) is 0 Å². The minimum atomic E-state index is 0.0583. The summed E-state index contributed by atoms with van der Waals surface area (Å²) >= 11 is 3.49. The first-order valence-electron chi connectivity index (χ1n) is 7.18. The van der Waals surface area contributed by atoms with E-state index in [1.807, 2.05) is 4.68 Å². The van der Waals surface area contributed by atoms with Crippen LogP contribution >= 0.6 is 15.9 Å². The van der Waals surface area contributed by atoms with Crippen LogP contribution in [0.15, 0.2) is 34.9 Å². The van der Waals surface area contributed by atoms with Crippen molar-refractivity contribution in [3.05, 3.63) is 46.2 Å². The van der Waals surface area contributed by atoms with Crippen molar-refractivity contribution < 1.29 is 4.74 Å². The highest BCUT2D eigenvalue weighted by molar-refractivity contribution is 9.10. The molecular weight excluding hydrogens is 330 g/mol. The molecule has 1 unspecified atom stereocenters. The molecule has 21 heavy (non-hydrogen) atoms. The lowest BCUT2D eigenvalue weighted by Crippen LogP contribution is -2.26. The van der Waals surface area contributed by atoms with Crippen LogP contribution in [0.1, 0.15) is 44.1 Å². The molecule has 0 aliphatic carbocycles. The molecule has 4 nitrogen and oxygen atoms in total. The lowest BCUT2D eigenvalue weighted by atomic mass is 10.0. The van der Waals surface area contributed by atoms with Crippen LogP contribution in [0.5, 0.6) is 5.75 Å². The summed E-state index contributed by atoms with van der Waals surface area (Å²) in [6, 6.07) is 8.69. The summed E-state index contributed by atoms with van der Waals surface area (Å²) in [5.41, 5.74) is 2.26. The van der Waals surface area contributed by atoms with E-state index in [2.05, 4.69) is 71.4 Å². The Hall–Kier alpha value is -1.33. The van der Waals surface area contributed by atoms with Gasteiger partial charge in [0, 0.05) is 10.5 Å². The van der Waals surface area contributed by atoms with Crippen LogP contribution in [-0.2, 0) is 0 Å². The molecule has 0 aliphatic heterocycles. The van der Waals surface area contributed by atoms with E-state index in [4.69, 9.17) is 4.74 Å². The maximum Gasteiger partial charge on any atom is 0.161 e. The summed E-state index contributed by atoms with van der Waals surface area (Å²) in [7, 11) is 1.69. The number of ether oxygens (including phenoxy) is 1. The van der Waals surface area contributed by atoms with Crippen LogP contribution in [-0.4, -0.2) is 23.4 Å². The third kappa shape index (κ3) is 3.47. The SMILES string of the molecule is CCNC(c1ccc(Br)cc1)c1c(OC)cnn1C(C)C.